The lowest BCUT2D eigenvalue weighted by Gasteiger charge is -2.39. The van der Waals surface area contributed by atoms with Crippen molar-refractivity contribution in [3.8, 4) is 5.75 Å². The van der Waals surface area contributed by atoms with Crippen LogP contribution in [-0.4, -0.2) is 48.7 Å². The molecule has 5 heteroatoms. The number of rotatable bonds is 7. The molecule has 1 amide bonds. The summed E-state index contributed by atoms with van der Waals surface area (Å²) in [6.07, 6.45) is 1.97. The highest BCUT2D eigenvalue weighted by Gasteiger charge is 2.32. The molecule has 1 fully saturated rings. The van der Waals surface area contributed by atoms with Gasteiger partial charge in [0.1, 0.15) is 12.4 Å². The van der Waals surface area contributed by atoms with E-state index >= 15 is 0 Å². The summed E-state index contributed by atoms with van der Waals surface area (Å²) < 4.78 is 5.78. The van der Waals surface area contributed by atoms with Crippen LogP contribution < -0.4 is 10.1 Å². The van der Waals surface area contributed by atoms with E-state index in [1.165, 1.54) is 16.7 Å². The minimum absolute atomic E-state index is 0.143. The van der Waals surface area contributed by atoms with Gasteiger partial charge in [-0.3, -0.25) is 4.79 Å². The molecule has 29 heavy (non-hydrogen) atoms. The second-order valence-corrected chi connectivity index (χ2v) is 9.52. The lowest BCUT2D eigenvalue weighted by molar-refractivity contribution is 0.0703. The second-order valence-electron chi connectivity index (χ2n) is 8.29. The summed E-state index contributed by atoms with van der Waals surface area (Å²) in [6.45, 7) is 10.2. The van der Waals surface area contributed by atoms with Crippen molar-refractivity contribution in [3.63, 3.8) is 0 Å². The molecule has 0 spiro atoms. The van der Waals surface area contributed by atoms with Gasteiger partial charge in [-0.2, -0.15) is 0 Å². The van der Waals surface area contributed by atoms with E-state index in [9.17, 15) is 4.79 Å². The van der Waals surface area contributed by atoms with Gasteiger partial charge in [0.15, 0.2) is 0 Å². The van der Waals surface area contributed by atoms with Gasteiger partial charge in [-0.15, -0.1) is 9.24 Å². The molecule has 1 aliphatic rings. The Bertz CT molecular complexity index is 827. The smallest absolute Gasteiger partial charge is 0.253 e. The SMILES string of the molecule is Cc1ccc(OCCNCC2(P)CCN(C(=O)c3ccc(C)c(C)c3)CC2)cc1. The van der Waals surface area contributed by atoms with Crippen molar-refractivity contribution in [3.05, 3.63) is 64.7 Å². The fourth-order valence-electron chi connectivity index (χ4n) is 3.60. The van der Waals surface area contributed by atoms with Crippen molar-refractivity contribution in [2.45, 2.75) is 38.8 Å². The van der Waals surface area contributed by atoms with Crippen LogP contribution in [0.4, 0.5) is 0 Å². The quantitative estimate of drug-likeness (QED) is 0.549. The van der Waals surface area contributed by atoms with Gasteiger partial charge in [0.2, 0.25) is 0 Å². The zero-order valence-electron chi connectivity index (χ0n) is 17.8. The standard InChI is InChI=1S/C24H33N2O2P/c1-18-4-8-22(9-5-18)28-15-12-25-17-24(29)10-13-26(14-11-24)23(27)21-7-6-19(2)20(3)16-21/h4-9,16,25H,10-15,17,29H2,1-3H3. The fraction of sp³-hybridized carbons (Fsp3) is 0.458. The number of hydrogen-bond donors (Lipinski definition) is 1. The number of nitrogens with zero attached hydrogens (tertiary/aromatic N) is 1. The highest BCUT2D eigenvalue weighted by Crippen LogP contribution is 2.31. The van der Waals surface area contributed by atoms with E-state index in [1.807, 2.05) is 35.2 Å². The molecule has 2 aromatic carbocycles. The molecule has 156 valence electrons. The summed E-state index contributed by atoms with van der Waals surface area (Å²) >= 11 is 0. The number of carbonyl (C=O) groups excluding carboxylic acids is 1. The number of amides is 1. The van der Waals surface area contributed by atoms with Crippen LogP contribution in [0.1, 0.15) is 39.9 Å². The molecule has 0 radical (unpaired) electrons. The van der Waals surface area contributed by atoms with Gasteiger partial charge in [0.25, 0.3) is 5.91 Å². The number of benzene rings is 2. The number of ether oxygens (including phenoxy) is 1. The van der Waals surface area contributed by atoms with Gasteiger partial charge in [0.05, 0.1) is 0 Å². The molecule has 1 aliphatic heterocycles. The van der Waals surface area contributed by atoms with Crippen molar-refractivity contribution in [1.29, 1.82) is 0 Å². The van der Waals surface area contributed by atoms with Crippen LogP contribution in [-0.2, 0) is 0 Å². The first-order valence-electron chi connectivity index (χ1n) is 10.4. The highest BCUT2D eigenvalue weighted by atomic mass is 31.0. The summed E-state index contributed by atoms with van der Waals surface area (Å²) in [4.78, 5) is 14.8. The third kappa shape index (κ3) is 6.04. The maximum atomic E-state index is 12.8. The van der Waals surface area contributed by atoms with Gasteiger partial charge in [-0.1, -0.05) is 23.8 Å². The molecule has 1 unspecified atom stereocenters. The molecule has 4 nitrogen and oxygen atoms in total. The number of nitrogens with one attached hydrogen (secondary N) is 1. The normalized spacial score (nSPS) is 15.9. The maximum absolute atomic E-state index is 12.8. The van der Waals surface area contributed by atoms with Gasteiger partial charge < -0.3 is 15.0 Å². The van der Waals surface area contributed by atoms with Crippen LogP contribution in [0.5, 0.6) is 5.75 Å². The first-order valence-corrected chi connectivity index (χ1v) is 11.0. The average molecular weight is 413 g/mol. The largest absolute Gasteiger partial charge is 0.492 e. The molecule has 0 aromatic heterocycles. The summed E-state index contributed by atoms with van der Waals surface area (Å²) in [6, 6.07) is 14.1. The van der Waals surface area contributed by atoms with E-state index in [4.69, 9.17) is 4.74 Å². The van der Waals surface area contributed by atoms with Crippen molar-refractivity contribution in [2.24, 2.45) is 0 Å². The van der Waals surface area contributed by atoms with Gasteiger partial charge >= 0.3 is 0 Å². The third-order valence-corrected chi connectivity index (χ3v) is 6.63. The lowest BCUT2D eigenvalue weighted by Crippen LogP contribution is -2.48. The number of aryl methyl sites for hydroxylation is 3. The Morgan fingerprint density at radius 3 is 2.41 bits per heavy atom. The second kappa shape index (κ2) is 9.73. The monoisotopic (exact) mass is 412 g/mol. The zero-order valence-corrected chi connectivity index (χ0v) is 19.0. The Kier molecular flexibility index (Phi) is 7.32. The molecule has 1 N–H and O–H groups in total. The van der Waals surface area contributed by atoms with Crippen LogP contribution in [0, 0.1) is 20.8 Å². The minimum atomic E-state index is 0.143. The lowest BCUT2D eigenvalue weighted by atomic mass is 9.94. The summed E-state index contributed by atoms with van der Waals surface area (Å²) in [5.74, 6) is 1.07. The molecule has 1 atom stereocenters. The van der Waals surface area contributed by atoms with Crippen LogP contribution in [0.25, 0.3) is 0 Å². The minimum Gasteiger partial charge on any atom is -0.492 e. The fourth-order valence-corrected chi connectivity index (χ4v) is 4.00. The number of carbonyl (C=O) groups is 1. The first-order chi connectivity index (χ1) is 13.9. The number of likely N-dealkylation sites (tertiary alicyclic amines) is 1. The average Bonchev–Trinajstić information content (AvgIpc) is 2.71. The molecule has 2 aromatic rings. The topological polar surface area (TPSA) is 41.6 Å². The maximum Gasteiger partial charge on any atom is 0.253 e. The predicted molar refractivity (Wildman–Crippen MR) is 123 cm³/mol. The predicted octanol–water partition coefficient (Wildman–Crippen LogP) is 4.13. The Labute approximate surface area is 177 Å². The number of hydrogen-bond acceptors (Lipinski definition) is 3. The number of piperidine rings is 1. The van der Waals surface area contributed by atoms with Crippen molar-refractivity contribution in [2.75, 3.05) is 32.8 Å². The van der Waals surface area contributed by atoms with E-state index in [-0.39, 0.29) is 11.1 Å². The van der Waals surface area contributed by atoms with Crippen LogP contribution >= 0.6 is 9.24 Å². The Morgan fingerprint density at radius 1 is 1.07 bits per heavy atom. The van der Waals surface area contributed by atoms with E-state index in [1.54, 1.807) is 0 Å². The van der Waals surface area contributed by atoms with E-state index in [0.717, 1.165) is 50.3 Å². The van der Waals surface area contributed by atoms with Gasteiger partial charge in [-0.25, -0.2) is 0 Å². The van der Waals surface area contributed by atoms with Crippen LogP contribution in [0.2, 0.25) is 0 Å². The zero-order chi connectivity index (χ0) is 20.9. The van der Waals surface area contributed by atoms with E-state index in [0.29, 0.717) is 6.61 Å². The summed E-state index contributed by atoms with van der Waals surface area (Å²) in [5, 5.41) is 3.66. The molecule has 0 saturated carbocycles. The molecular weight excluding hydrogens is 379 g/mol. The first kappa shape index (κ1) is 21.8. The Morgan fingerprint density at radius 2 is 1.76 bits per heavy atom. The van der Waals surface area contributed by atoms with E-state index < -0.39 is 0 Å². The third-order valence-electron chi connectivity index (χ3n) is 5.85. The molecule has 0 aliphatic carbocycles. The van der Waals surface area contributed by atoms with Crippen LogP contribution in [0.3, 0.4) is 0 Å². The van der Waals surface area contributed by atoms with Gasteiger partial charge in [0, 0.05) is 36.9 Å². The molecule has 1 saturated heterocycles. The summed E-state index contributed by atoms with van der Waals surface area (Å²) in [5.41, 5.74) is 4.44. The van der Waals surface area contributed by atoms with Gasteiger partial charge in [-0.05, 0) is 69.0 Å². The Hall–Kier alpha value is -1.90. The molecule has 0 bridgehead atoms. The molecule has 3 rings (SSSR count). The van der Waals surface area contributed by atoms with Crippen molar-refractivity contribution in [1.82, 2.24) is 10.2 Å². The van der Waals surface area contributed by atoms with Crippen molar-refractivity contribution >= 4 is 15.1 Å². The highest BCUT2D eigenvalue weighted by molar-refractivity contribution is 7.19. The molecular formula is C24H33N2O2P. The van der Waals surface area contributed by atoms with E-state index in [2.05, 4.69) is 47.5 Å². The summed E-state index contributed by atoms with van der Waals surface area (Å²) in [7, 11) is 3.03. The Balaban J connectivity index is 1.40. The van der Waals surface area contributed by atoms with Crippen LogP contribution in [0.15, 0.2) is 42.5 Å². The van der Waals surface area contributed by atoms with Crippen molar-refractivity contribution < 1.29 is 9.53 Å². The molecule has 1 heterocycles.